The molecule has 2 fully saturated rings. The Morgan fingerprint density at radius 2 is 1.32 bits per heavy atom. The molecular formula is C29H47O4P. The van der Waals surface area contributed by atoms with Crippen molar-refractivity contribution >= 4 is 13.7 Å². The van der Waals surface area contributed by atoms with Gasteiger partial charge in [0.2, 0.25) is 0 Å². The molecule has 0 amide bonds. The Bertz CT molecular complexity index is 783. The second-order valence-corrected chi connectivity index (χ2v) is 13.7. The molecule has 0 aliphatic heterocycles. The number of hydrogen-bond acceptors (Lipinski definition) is 4. The van der Waals surface area contributed by atoms with Crippen LogP contribution in [0.4, 0.5) is 0 Å². The van der Waals surface area contributed by atoms with E-state index in [1.165, 1.54) is 12.8 Å². The molecule has 0 heterocycles. The van der Waals surface area contributed by atoms with Crippen molar-refractivity contribution in [2.24, 2.45) is 35.5 Å². The lowest BCUT2D eigenvalue weighted by molar-refractivity contribution is -0.0121. The molecule has 4 nitrogen and oxygen atoms in total. The summed E-state index contributed by atoms with van der Waals surface area (Å²) in [5.41, 5.74) is 0.950. The van der Waals surface area contributed by atoms with Crippen LogP contribution in [0.2, 0.25) is 0 Å². The van der Waals surface area contributed by atoms with Crippen molar-refractivity contribution in [3.63, 3.8) is 0 Å². The molecule has 1 unspecified atom stereocenters. The minimum absolute atomic E-state index is 0.159. The SMILES string of the molecule is CC(C)[C@H]1CC[C@@H](C)C[C@H]1OP(=O)(O[C@@H]1C[C@H](C)CC[C@H]1C(C)C)[C@@H](O)/C=C/c1ccccc1. The summed E-state index contributed by atoms with van der Waals surface area (Å²) in [5, 5.41) is 11.3. The maximum absolute atomic E-state index is 14.5. The summed E-state index contributed by atoms with van der Waals surface area (Å²) >= 11 is 0. The Balaban J connectivity index is 1.89. The Hall–Kier alpha value is -0.930. The van der Waals surface area contributed by atoms with Crippen LogP contribution in [-0.4, -0.2) is 23.2 Å². The lowest BCUT2D eigenvalue weighted by Crippen LogP contribution is -2.37. The minimum atomic E-state index is -3.82. The highest BCUT2D eigenvalue weighted by molar-refractivity contribution is 7.54. The zero-order valence-corrected chi connectivity index (χ0v) is 23.0. The predicted octanol–water partition coefficient (Wildman–Crippen LogP) is 8.17. The van der Waals surface area contributed by atoms with E-state index in [1.807, 2.05) is 36.4 Å². The summed E-state index contributed by atoms with van der Waals surface area (Å²) in [5.74, 6) is 1.26. The summed E-state index contributed by atoms with van der Waals surface area (Å²) in [7, 11) is -3.82. The van der Waals surface area contributed by atoms with Gasteiger partial charge in [-0.3, -0.25) is 4.57 Å². The lowest BCUT2D eigenvalue weighted by Gasteiger charge is -2.42. The molecule has 2 aliphatic rings. The van der Waals surface area contributed by atoms with Crippen LogP contribution in [-0.2, 0) is 13.6 Å². The average Bonchev–Trinajstić information content (AvgIpc) is 2.77. The van der Waals surface area contributed by atoms with Crippen LogP contribution in [0.15, 0.2) is 36.4 Å². The molecule has 0 spiro atoms. The van der Waals surface area contributed by atoms with E-state index in [1.54, 1.807) is 6.08 Å². The first kappa shape index (κ1) is 27.7. The smallest absolute Gasteiger partial charge is 0.363 e. The van der Waals surface area contributed by atoms with Gasteiger partial charge in [0, 0.05) is 0 Å². The highest BCUT2D eigenvalue weighted by Gasteiger charge is 2.45. The third-order valence-electron chi connectivity index (χ3n) is 8.07. The standard InChI is InChI=1S/C29H47O4P/c1-20(2)25-15-12-22(5)18-27(25)32-34(31,29(30)17-14-24-10-8-7-9-11-24)33-28-19-23(6)13-16-26(28)21(3)4/h7-11,14,17,20-23,25-30H,12-13,15-16,18-19H2,1-6H3/b17-14+/t22-,23-,25-,26+,27-,28-,29-,34?/m1/s1. The molecule has 1 N–H and O–H groups in total. The van der Waals surface area contributed by atoms with Gasteiger partial charge in [-0.15, -0.1) is 0 Å². The van der Waals surface area contributed by atoms with E-state index in [9.17, 15) is 9.67 Å². The van der Waals surface area contributed by atoms with E-state index in [-0.39, 0.29) is 12.2 Å². The number of benzene rings is 1. The molecule has 192 valence electrons. The molecule has 1 aromatic rings. The van der Waals surface area contributed by atoms with Gasteiger partial charge in [0.25, 0.3) is 0 Å². The van der Waals surface area contributed by atoms with E-state index < -0.39 is 13.4 Å². The molecule has 0 bridgehead atoms. The molecule has 2 saturated carbocycles. The predicted molar refractivity (Wildman–Crippen MR) is 142 cm³/mol. The van der Waals surface area contributed by atoms with Crippen molar-refractivity contribution in [1.82, 2.24) is 0 Å². The van der Waals surface area contributed by atoms with Crippen molar-refractivity contribution in [3.05, 3.63) is 42.0 Å². The van der Waals surface area contributed by atoms with Crippen LogP contribution in [0.3, 0.4) is 0 Å². The number of rotatable bonds is 9. The van der Waals surface area contributed by atoms with E-state index >= 15 is 0 Å². The zero-order chi connectivity index (χ0) is 24.9. The van der Waals surface area contributed by atoms with Gasteiger partial charge in [0.1, 0.15) is 0 Å². The van der Waals surface area contributed by atoms with Crippen molar-refractivity contribution < 1.29 is 18.7 Å². The third kappa shape index (κ3) is 7.29. The van der Waals surface area contributed by atoms with Gasteiger partial charge in [-0.2, -0.15) is 0 Å². The van der Waals surface area contributed by atoms with E-state index in [4.69, 9.17) is 9.05 Å². The topological polar surface area (TPSA) is 55.8 Å². The van der Waals surface area contributed by atoms with Crippen molar-refractivity contribution in [2.75, 3.05) is 0 Å². The molecule has 5 heteroatoms. The Kier molecular flexibility index (Phi) is 10.0. The van der Waals surface area contributed by atoms with Crippen molar-refractivity contribution in [2.45, 2.75) is 98.1 Å². The summed E-state index contributed by atoms with van der Waals surface area (Å²) in [4.78, 5) is 0. The van der Waals surface area contributed by atoms with Gasteiger partial charge < -0.3 is 14.2 Å². The summed E-state index contributed by atoms with van der Waals surface area (Å²) in [6.45, 7) is 13.3. The summed E-state index contributed by atoms with van der Waals surface area (Å²) in [6.07, 6.45) is 9.28. The fourth-order valence-electron chi connectivity index (χ4n) is 5.87. The number of aliphatic hydroxyl groups excluding tert-OH is 1. The average molecular weight is 491 g/mol. The molecule has 1 aromatic carbocycles. The molecule has 8 atom stereocenters. The van der Waals surface area contributed by atoms with Crippen LogP contribution in [0.1, 0.15) is 85.6 Å². The molecule has 0 radical (unpaired) electrons. The number of aliphatic hydroxyl groups is 1. The Morgan fingerprint density at radius 3 is 1.76 bits per heavy atom. The van der Waals surface area contributed by atoms with Gasteiger partial charge in [-0.1, -0.05) is 90.8 Å². The van der Waals surface area contributed by atoms with Crippen LogP contribution in [0.25, 0.3) is 6.08 Å². The molecule has 3 rings (SSSR count). The third-order valence-corrected chi connectivity index (χ3v) is 10.0. The summed E-state index contributed by atoms with van der Waals surface area (Å²) < 4.78 is 27.4. The van der Waals surface area contributed by atoms with Gasteiger partial charge >= 0.3 is 7.60 Å². The Morgan fingerprint density at radius 1 is 0.853 bits per heavy atom. The first-order chi connectivity index (χ1) is 16.1. The van der Waals surface area contributed by atoms with Gasteiger partial charge in [-0.25, -0.2) is 0 Å². The Labute approximate surface area is 208 Å². The van der Waals surface area contributed by atoms with Crippen LogP contribution < -0.4 is 0 Å². The number of hydrogen-bond donors (Lipinski definition) is 1. The maximum atomic E-state index is 14.5. The fraction of sp³-hybridized carbons (Fsp3) is 0.724. The van der Waals surface area contributed by atoms with Crippen molar-refractivity contribution in [3.8, 4) is 0 Å². The molecular weight excluding hydrogens is 443 g/mol. The second kappa shape index (κ2) is 12.3. The molecule has 0 aromatic heterocycles. The van der Waals surface area contributed by atoms with E-state index in [0.29, 0.717) is 35.5 Å². The van der Waals surface area contributed by atoms with Gasteiger partial charge in [0.05, 0.1) is 12.2 Å². The fourth-order valence-corrected chi connectivity index (χ4v) is 7.70. The highest BCUT2D eigenvalue weighted by atomic mass is 31.2. The van der Waals surface area contributed by atoms with Gasteiger partial charge in [-0.05, 0) is 72.8 Å². The van der Waals surface area contributed by atoms with E-state index in [2.05, 4.69) is 41.5 Å². The summed E-state index contributed by atoms with van der Waals surface area (Å²) in [6, 6.07) is 9.78. The highest BCUT2D eigenvalue weighted by Crippen LogP contribution is 2.59. The first-order valence-corrected chi connectivity index (χ1v) is 15.1. The van der Waals surface area contributed by atoms with Crippen LogP contribution in [0, 0.1) is 35.5 Å². The molecule has 2 aliphatic carbocycles. The lowest BCUT2D eigenvalue weighted by atomic mass is 9.75. The van der Waals surface area contributed by atoms with E-state index in [0.717, 1.165) is 31.2 Å². The molecule has 34 heavy (non-hydrogen) atoms. The maximum Gasteiger partial charge on any atom is 0.363 e. The monoisotopic (exact) mass is 490 g/mol. The largest absolute Gasteiger partial charge is 0.377 e. The normalized spacial score (nSPS) is 33.3. The molecule has 0 saturated heterocycles. The van der Waals surface area contributed by atoms with Crippen LogP contribution >= 0.6 is 7.60 Å². The first-order valence-electron chi connectivity index (χ1n) is 13.5. The zero-order valence-electron chi connectivity index (χ0n) is 22.1. The second-order valence-electron chi connectivity index (χ2n) is 11.7. The van der Waals surface area contributed by atoms with Crippen molar-refractivity contribution in [1.29, 1.82) is 0 Å². The van der Waals surface area contributed by atoms with Crippen LogP contribution in [0.5, 0.6) is 0 Å². The quantitative estimate of drug-likeness (QED) is 0.355. The minimum Gasteiger partial charge on any atom is -0.377 e. The van der Waals surface area contributed by atoms with Gasteiger partial charge in [0.15, 0.2) is 5.85 Å².